The van der Waals surface area contributed by atoms with E-state index >= 15 is 0 Å². The smallest absolute Gasteiger partial charge is 0.410 e. The maximum absolute atomic E-state index is 14.0. The minimum Gasteiger partial charge on any atom is -0.488 e. The number of nitrogens with zero attached hydrogens (tertiary/aromatic N) is 2. The lowest BCUT2D eigenvalue weighted by atomic mass is 10.0. The van der Waals surface area contributed by atoms with Crippen LogP contribution in [0, 0.1) is 0 Å². The number of benzene rings is 3. The van der Waals surface area contributed by atoms with Gasteiger partial charge >= 0.3 is 12.1 Å². The fourth-order valence-electron chi connectivity index (χ4n) is 4.46. The van der Waals surface area contributed by atoms with Crippen LogP contribution in [0.3, 0.4) is 0 Å². The highest BCUT2D eigenvalue weighted by atomic mass is 79.9. The third-order valence-electron chi connectivity index (χ3n) is 6.72. The Morgan fingerprint density at radius 3 is 2.46 bits per heavy atom. The molecule has 1 heterocycles. The largest absolute Gasteiger partial charge is 0.488 e. The molecular formula is C30H32BrN3O7. The predicted molar refractivity (Wildman–Crippen MR) is 157 cm³/mol. The van der Waals surface area contributed by atoms with Crippen LogP contribution in [0.15, 0.2) is 59.1 Å². The van der Waals surface area contributed by atoms with Gasteiger partial charge in [0.2, 0.25) is 5.91 Å². The predicted octanol–water partition coefficient (Wildman–Crippen LogP) is 4.97. The number of carbonyl (C=O) groups is 4. The van der Waals surface area contributed by atoms with Gasteiger partial charge in [-0.05, 0) is 62.2 Å². The number of carboxylic acids is 1. The van der Waals surface area contributed by atoms with Gasteiger partial charge < -0.3 is 24.8 Å². The number of anilines is 1. The molecule has 0 aromatic heterocycles. The number of nitrogens with one attached hydrogen (secondary N) is 1. The number of hydrogen-bond acceptors (Lipinski definition) is 6. The summed E-state index contributed by atoms with van der Waals surface area (Å²) < 4.78 is 12.1. The average molecular weight is 627 g/mol. The van der Waals surface area contributed by atoms with Crippen LogP contribution in [0.5, 0.6) is 5.75 Å². The molecule has 11 heteroatoms. The number of halogens is 1. The van der Waals surface area contributed by atoms with E-state index in [-0.39, 0.29) is 30.2 Å². The Balaban J connectivity index is 1.68. The van der Waals surface area contributed by atoms with Crippen molar-refractivity contribution in [1.29, 1.82) is 0 Å². The van der Waals surface area contributed by atoms with Gasteiger partial charge in [-0.15, -0.1) is 0 Å². The molecule has 3 aromatic carbocycles. The SMILES string of the molecule is CC(C(=O)NC1COc2c(C(=O)O)cccc2N(Cc2ccc(Br)c3ccccc23)C1=O)N(C)C(=O)OC(C)(C)C. The third kappa shape index (κ3) is 6.45. The van der Waals surface area contributed by atoms with Crippen molar-refractivity contribution in [2.75, 3.05) is 18.6 Å². The Morgan fingerprint density at radius 1 is 1.12 bits per heavy atom. The zero-order valence-corrected chi connectivity index (χ0v) is 25.0. The first-order chi connectivity index (χ1) is 19.3. The Hall–Kier alpha value is -4.12. The summed E-state index contributed by atoms with van der Waals surface area (Å²) in [5.41, 5.74) is 0.232. The van der Waals surface area contributed by atoms with Gasteiger partial charge in [0.1, 0.15) is 29.9 Å². The van der Waals surface area contributed by atoms with Crippen LogP contribution in [0.1, 0.15) is 43.6 Å². The highest BCUT2D eigenvalue weighted by molar-refractivity contribution is 9.10. The molecule has 0 fully saturated rings. The first-order valence-corrected chi connectivity index (χ1v) is 13.8. The zero-order chi connectivity index (χ0) is 30.1. The lowest BCUT2D eigenvalue weighted by molar-refractivity contribution is -0.130. The Bertz CT molecular complexity index is 1520. The molecule has 2 unspecified atom stereocenters. The van der Waals surface area contributed by atoms with Gasteiger partial charge in [-0.25, -0.2) is 9.59 Å². The molecule has 3 amide bonds. The summed E-state index contributed by atoms with van der Waals surface area (Å²) in [5.74, 6) is -2.26. The first kappa shape index (κ1) is 29.9. The fraction of sp³-hybridized carbons (Fsp3) is 0.333. The minimum atomic E-state index is -1.21. The molecule has 216 valence electrons. The summed E-state index contributed by atoms with van der Waals surface area (Å²) in [4.78, 5) is 54.3. The topological polar surface area (TPSA) is 125 Å². The highest BCUT2D eigenvalue weighted by Crippen LogP contribution is 2.37. The normalized spacial score (nSPS) is 15.8. The molecule has 3 aromatic rings. The molecule has 0 saturated heterocycles. The van der Waals surface area contributed by atoms with E-state index in [1.54, 1.807) is 32.9 Å². The standard InChI is InChI=1S/C30H32BrN3O7/c1-17(33(5)29(39)41-30(2,3)4)26(35)32-23-16-40-25-21(28(37)38)11-8-12-24(25)34(27(23)36)15-18-13-14-22(31)20-10-7-6-9-19(18)20/h6-14,17,23H,15-16H2,1-5H3,(H,32,35)(H,37,38). The van der Waals surface area contributed by atoms with E-state index in [1.165, 1.54) is 24.9 Å². The Morgan fingerprint density at radius 2 is 1.80 bits per heavy atom. The van der Waals surface area contributed by atoms with Gasteiger partial charge in [0.05, 0.1) is 12.2 Å². The number of amides is 3. The van der Waals surface area contributed by atoms with Gasteiger partial charge in [0.15, 0.2) is 5.75 Å². The molecule has 0 aliphatic carbocycles. The van der Waals surface area contributed by atoms with Crippen molar-refractivity contribution in [3.63, 3.8) is 0 Å². The number of carbonyl (C=O) groups excluding carboxylic acids is 3. The summed E-state index contributed by atoms with van der Waals surface area (Å²) in [6.45, 7) is 6.46. The fourth-order valence-corrected chi connectivity index (χ4v) is 4.94. The second-order valence-electron chi connectivity index (χ2n) is 10.8. The molecule has 2 N–H and O–H groups in total. The Kier molecular flexibility index (Phi) is 8.58. The number of fused-ring (bicyclic) bond motifs is 2. The van der Waals surface area contributed by atoms with Crippen LogP contribution in [-0.4, -0.2) is 65.2 Å². The molecule has 0 spiro atoms. The van der Waals surface area contributed by atoms with Gasteiger partial charge in [-0.3, -0.25) is 14.5 Å². The maximum atomic E-state index is 14.0. The maximum Gasteiger partial charge on any atom is 0.410 e. The van der Waals surface area contributed by atoms with Crippen LogP contribution >= 0.6 is 15.9 Å². The molecule has 0 saturated carbocycles. The molecular weight excluding hydrogens is 594 g/mol. The van der Waals surface area contributed by atoms with Gasteiger partial charge in [0, 0.05) is 11.5 Å². The van der Waals surface area contributed by atoms with Gasteiger partial charge in [-0.1, -0.05) is 52.3 Å². The van der Waals surface area contributed by atoms with Crippen molar-refractivity contribution in [1.82, 2.24) is 10.2 Å². The van der Waals surface area contributed by atoms with Crippen LogP contribution in [0.25, 0.3) is 10.8 Å². The van der Waals surface area contributed by atoms with Crippen molar-refractivity contribution in [3.8, 4) is 5.75 Å². The summed E-state index contributed by atoms with van der Waals surface area (Å²) in [5, 5.41) is 14.4. The van der Waals surface area contributed by atoms with Gasteiger partial charge in [0.25, 0.3) is 5.91 Å². The monoisotopic (exact) mass is 625 g/mol. The number of rotatable bonds is 6. The summed E-state index contributed by atoms with van der Waals surface area (Å²) in [6, 6.07) is 13.9. The molecule has 41 heavy (non-hydrogen) atoms. The van der Waals surface area contributed by atoms with Crippen molar-refractivity contribution in [2.45, 2.75) is 51.9 Å². The summed E-state index contributed by atoms with van der Waals surface area (Å²) >= 11 is 3.57. The first-order valence-electron chi connectivity index (χ1n) is 13.0. The molecule has 0 bridgehead atoms. The number of ether oxygens (including phenoxy) is 2. The van der Waals surface area contributed by atoms with E-state index in [9.17, 15) is 24.3 Å². The van der Waals surface area contributed by atoms with Crippen molar-refractivity contribution in [3.05, 3.63) is 70.2 Å². The van der Waals surface area contributed by atoms with E-state index in [1.807, 2.05) is 36.4 Å². The average Bonchev–Trinajstić information content (AvgIpc) is 3.04. The second-order valence-corrected chi connectivity index (χ2v) is 11.6. The highest BCUT2D eigenvalue weighted by Gasteiger charge is 2.36. The van der Waals surface area contributed by atoms with Crippen LogP contribution < -0.4 is 15.0 Å². The van der Waals surface area contributed by atoms with Crippen molar-refractivity contribution in [2.24, 2.45) is 0 Å². The quantitative estimate of drug-likeness (QED) is 0.396. The number of likely N-dealkylation sites (N-methyl/N-ethyl adjacent to an activating group) is 1. The summed E-state index contributed by atoms with van der Waals surface area (Å²) in [7, 11) is 1.43. The van der Waals surface area contributed by atoms with E-state index in [2.05, 4.69) is 21.2 Å². The third-order valence-corrected chi connectivity index (χ3v) is 7.41. The molecule has 1 aliphatic heterocycles. The van der Waals surface area contributed by atoms with Crippen molar-refractivity contribution >= 4 is 56.3 Å². The number of para-hydroxylation sites is 1. The number of aromatic carboxylic acids is 1. The molecule has 1 aliphatic rings. The van der Waals surface area contributed by atoms with Gasteiger partial charge in [-0.2, -0.15) is 0 Å². The lowest BCUT2D eigenvalue weighted by Crippen LogP contribution is -2.55. The number of hydrogen-bond donors (Lipinski definition) is 2. The van der Waals surface area contributed by atoms with E-state index < -0.39 is 41.6 Å². The zero-order valence-electron chi connectivity index (χ0n) is 23.4. The number of carboxylic acid groups (broad SMARTS) is 1. The van der Waals surface area contributed by atoms with Crippen molar-refractivity contribution < 1.29 is 33.8 Å². The Labute approximate surface area is 246 Å². The summed E-state index contributed by atoms with van der Waals surface area (Å²) in [6.07, 6.45) is -0.689. The van der Waals surface area contributed by atoms with Crippen LogP contribution in [0.2, 0.25) is 0 Å². The van der Waals surface area contributed by atoms with E-state index in [4.69, 9.17) is 9.47 Å². The van der Waals surface area contributed by atoms with E-state index in [0.717, 1.165) is 25.7 Å². The second kappa shape index (κ2) is 11.8. The lowest BCUT2D eigenvalue weighted by Gasteiger charge is -2.29. The minimum absolute atomic E-state index is 0.0328. The molecule has 4 rings (SSSR count). The van der Waals surface area contributed by atoms with E-state index in [0.29, 0.717) is 0 Å². The van der Waals surface area contributed by atoms with Crippen LogP contribution in [-0.2, 0) is 20.9 Å². The molecule has 0 radical (unpaired) electrons. The molecule has 2 atom stereocenters. The molecule has 10 nitrogen and oxygen atoms in total. The van der Waals surface area contributed by atoms with Crippen LogP contribution in [0.4, 0.5) is 10.5 Å².